The third kappa shape index (κ3) is 2.63. The van der Waals surface area contributed by atoms with Crippen molar-refractivity contribution in [2.24, 2.45) is 0 Å². The van der Waals surface area contributed by atoms with Crippen molar-refractivity contribution in [3.8, 4) is 5.88 Å². The lowest BCUT2D eigenvalue weighted by Crippen LogP contribution is -2.06. The minimum atomic E-state index is 0.444. The Hall–Kier alpha value is -2.56. The van der Waals surface area contributed by atoms with Gasteiger partial charge in [-0.1, -0.05) is 43.2 Å². The summed E-state index contributed by atoms with van der Waals surface area (Å²) in [6.45, 7) is 0.473. The van der Waals surface area contributed by atoms with E-state index in [-0.39, 0.29) is 0 Å². The van der Waals surface area contributed by atoms with Crippen LogP contribution in [0.25, 0.3) is 10.9 Å². The number of nitrogen functional groups attached to an aromatic ring is 1. The molecule has 4 rings (SSSR count). The van der Waals surface area contributed by atoms with Gasteiger partial charge in [0.25, 0.3) is 0 Å². The van der Waals surface area contributed by atoms with E-state index < -0.39 is 0 Å². The van der Waals surface area contributed by atoms with E-state index in [2.05, 4.69) is 14.8 Å². The maximum Gasteiger partial charge on any atom is 0.227 e. The highest BCUT2D eigenvalue weighted by Gasteiger charge is 2.22. The summed E-state index contributed by atoms with van der Waals surface area (Å²) < 4.78 is 7.98. The zero-order valence-electron chi connectivity index (χ0n) is 13.0. The normalized spacial score (nSPS) is 15.3. The minimum absolute atomic E-state index is 0.444. The summed E-state index contributed by atoms with van der Waals surface area (Å²) in [5.41, 5.74) is 8.29. The Kier molecular flexibility index (Phi) is 3.61. The molecule has 1 aliphatic rings. The number of benzene rings is 1. The van der Waals surface area contributed by atoms with Crippen LogP contribution in [0, 0.1) is 0 Å². The smallest absolute Gasteiger partial charge is 0.227 e. The quantitative estimate of drug-likeness (QED) is 0.798. The highest BCUT2D eigenvalue weighted by atomic mass is 16.5. The Labute approximate surface area is 135 Å². The van der Waals surface area contributed by atoms with Crippen LogP contribution in [0.15, 0.2) is 42.6 Å². The Morgan fingerprint density at radius 3 is 2.70 bits per heavy atom. The molecule has 1 saturated carbocycles. The standard InChI is InChI=1S/C18H20N4O/c19-17-16-15(22(21-17)14-8-4-5-9-14)10-11-20-18(16)23-12-13-6-2-1-3-7-13/h1-3,6-7,10-11,14H,4-5,8-9,12H2,(H2,19,21). The molecule has 0 saturated heterocycles. The number of hydrogen-bond acceptors (Lipinski definition) is 4. The summed E-state index contributed by atoms with van der Waals surface area (Å²) in [7, 11) is 0. The molecule has 118 valence electrons. The summed E-state index contributed by atoms with van der Waals surface area (Å²) in [4.78, 5) is 4.37. The molecule has 2 aromatic heterocycles. The predicted octanol–water partition coefficient (Wildman–Crippen LogP) is 3.71. The van der Waals surface area contributed by atoms with Gasteiger partial charge in [0.2, 0.25) is 5.88 Å². The molecule has 5 nitrogen and oxygen atoms in total. The molecule has 3 aromatic rings. The number of pyridine rings is 1. The van der Waals surface area contributed by atoms with Crippen LogP contribution in [-0.2, 0) is 6.61 Å². The second-order valence-corrected chi connectivity index (χ2v) is 6.05. The maximum absolute atomic E-state index is 6.16. The summed E-state index contributed by atoms with van der Waals surface area (Å²) in [5.74, 6) is 1.07. The van der Waals surface area contributed by atoms with Gasteiger partial charge in [-0.3, -0.25) is 4.68 Å². The predicted molar refractivity (Wildman–Crippen MR) is 90.2 cm³/mol. The van der Waals surface area contributed by atoms with Crippen molar-refractivity contribution in [2.45, 2.75) is 38.3 Å². The summed E-state index contributed by atoms with van der Waals surface area (Å²) in [6, 6.07) is 12.5. The van der Waals surface area contributed by atoms with Crippen LogP contribution in [-0.4, -0.2) is 14.8 Å². The summed E-state index contributed by atoms with van der Waals surface area (Å²) >= 11 is 0. The van der Waals surface area contributed by atoms with Crippen LogP contribution < -0.4 is 10.5 Å². The van der Waals surface area contributed by atoms with Crippen LogP contribution in [0.1, 0.15) is 37.3 Å². The lowest BCUT2D eigenvalue weighted by atomic mass is 10.2. The first-order chi connectivity index (χ1) is 11.3. The molecule has 0 bridgehead atoms. The van der Waals surface area contributed by atoms with E-state index in [9.17, 15) is 0 Å². The molecule has 1 aromatic carbocycles. The minimum Gasteiger partial charge on any atom is -0.472 e. The molecule has 2 heterocycles. The lowest BCUT2D eigenvalue weighted by molar-refractivity contribution is 0.298. The van der Waals surface area contributed by atoms with Crippen LogP contribution >= 0.6 is 0 Å². The van der Waals surface area contributed by atoms with E-state index >= 15 is 0 Å². The first-order valence-electron chi connectivity index (χ1n) is 8.12. The number of anilines is 1. The molecular formula is C18H20N4O. The van der Waals surface area contributed by atoms with Gasteiger partial charge in [-0.25, -0.2) is 4.98 Å². The lowest BCUT2D eigenvalue weighted by Gasteiger charge is -2.11. The van der Waals surface area contributed by atoms with E-state index in [1.54, 1.807) is 6.20 Å². The van der Waals surface area contributed by atoms with Crippen molar-refractivity contribution in [3.05, 3.63) is 48.2 Å². The van der Waals surface area contributed by atoms with Crippen molar-refractivity contribution in [1.82, 2.24) is 14.8 Å². The third-order valence-electron chi connectivity index (χ3n) is 4.50. The zero-order chi connectivity index (χ0) is 15.6. The van der Waals surface area contributed by atoms with Gasteiger partial charge < -0.3 is 10.5 Å². The molecule has 23 heavy (non-hydrogen) atoms. The van der Waals surface area contributed by atoms with Crippen molar-refractivity contribution in [1.29, 1.82) is 0 Å². The van der Waals surface area contributed by atoms with Gasteiger partial charge in [0.15, 0.2) is 5.82 Å². The molecule has 2 N–H and O–H groups in total. The van der Waals surface area contributed by atoms with Crippen LogP contribution in [0.3, 0.4) is 0 Å². The molecule has 0 atom stereocenters. The van der Waals surface area contributed by atoms with Crippen LogP contribution in [0.5, 0.6) is 5.88 Å². The average Bonchev–Trinajstić information content (AvgIpc) is 3.22. The molecule has 0 spiro atoms. The average molecular weight is 308 g/mol. The molecule has 0 aliphatic heterocycles. The number of ether oxygens (including phenoxy) is 1. The highest BCUT2D eigenvalue weighted by molar-refractivity contribution is 5.93. The number of nitrogens with zero attached hydrogens (tertiary/aromatic N) is 3. The largest absolute Gasteiger partial charge is 0.472 e. The number of fused-ring (bicyclic) bond motifs is 1. The highest BCUT2D eigenvalue weighted by Crippen LogP contribution is 2.36. The molecule has 0 radical (unpaired) electrons. The Balaban J connectivity index is 1.67. The van der Waals surface area contributed by atoms with Crippen molar-refractivity contribution < 1.29 is 4.74 Å². The zero-order valence-corrected chi connectivity index (χ0v) is 13.0. The molecular weight excluding hydrogens is 288 g/mol. The monoisotopic (exact) mass is 308 g/mol. The van der Waals surface area contributed by atoms with Gasteiger partial charge in [0, 0.05) is 6.20 Å². The number of rotatable bonds is 4. The van der Waals surface area contributed by atoms with E-state index in [0.29, 0.717) is 24.3 Å². The van der Waals surface area contributed by atoms with Gasteiger partial charge in [-0.2, -0.15) is 5.10 Å². The van der Waals surface area contributed by atoms with E-state index in [4.69, 9.17) is 10.5 Å². The number of nitrogens with two attached hydrogens (primary N) is 1. The molecule has 1 aliphatic carbocycles. The van der Waals surface area contributed by atoms with Gasteiger partial charge in [-0.05, 0) is 24.5 Å². The van der Waals surface area contributed by atoms with Crippen LogP contribution in [0.2, 0.25) is 0 Å². The van der Waals surface area contributed by atoms with Gasteiger partial charge in [0.05, 0.1) is 11.6 Å². The van der Waals surface area contributed by atoms with Crippen LogP contribution in [0.4, 0.5) is 5.82 Å². The van der Waals surface area contributed by atoms with Gasteiger partial charge >= 0.3 is 0 Å². The topological polar surface area (TPSA) is 66.0 Å². The fourth-order valence-electron chi connectivity index (χ4n) is 3.35. The van der Waals surface area contributed by atoms with Crippen molar-refractivity contribution in [3.63, 3.8) is 0 Å². The van der Waals surface area contributed by atoms with E-state index in [1.165, 1.54) is 25.7 Å². The Morgan fingerprint density at radius 1 is 1.13 bits per heavy atom. The van der Waals surface area contributed by atoms with E-state index in [1.807, 2.05) is 36.4 Å². The van der Waals surface area contributed by atoms with Gasteiger partial charge in [0.1, 0.15) is 12.0 Å². The molecule has 0 amide bonds. The molecule has 1 fully saturated rings. The molecule has 5 heteroatoms. The SMILES string of the molecule is Nc1nn(C2CCCC2)c2ccnc(OCc3ccccc3)c12. The summed E-state index contributed by atoms with van der Waals surface area (Å²) in [5, 5.41) is 5.39. The Bertz CT molecular complexity index is 807. The second-order valence-electron chi connectivity index (χ2n) is 6.05. The fraction of sp³-hybridized carbons (Fsp3) is 0.333. The van der Waals surface area contributed by atoms with Gasteiger partial charge in [-0.15, -0.1) is 0 Å². The third-order valence-corrected chi connectivity index (χ3v) is 4.50. The van der Waals surface area contributed by atoms with Crippen molar-refractivity contribution >= 4 is 16.7 Å². The first kappa shape index (κ1) is 14.1. The number of hydrogen-bond donors (Lipinski definition) is 1. The summed E-state index contributed by atoms with van der Waals surface area (Å²) in [6.07, 6.45) is 6.62. The second kappa shape index (κ2) is 5.91. The Morgan fingerprint density at radius 2 is 1.91 bits per heavy atom. The first-order valence-corrected chi connectivity index (χ1v) is 8.12. The number of aromatic nitrogens is 3. The maximum atomic E-state index is 6.16. The fourth-order valence-corrected chi connectivity index (χ4v) is 3.35. The van der Waals surface area contributed by atoms with Crippen molar-refractivity contribution in [2.75, 3.05) is 5.73 Å². The molecule has 0 unspecified atom stereocenters. The van der Waals surface area contributed by atoms with E-state index in [0.717, 1.165) is 16.5 Å².